The van der Waals surface area contributed by atoms with Gasteiger partial charge in [0.05, 0.1) is 7.11 Å². The van der Waals surface area contributed by atoms with Crippen LogP contribution in [0.2, 0.25) is 0 Å². The maximum atomic E-state index is 10.5. The smallest absolute Gasteiger partial charge is 0.119 e. The van der Waals surface area contributed by atoms with Gasteiger partial charge in [-0.2, -0.15) is 0 Å². The molecule has 4 nitrogen and oxygen atoms in total. The van der Waals surface area contributed by atoms with Gasteiger partial charge < -0.3 is 19.5 Å². The van der Waals surface area contributed by atoms with Gasteiger partial charge in [0.2, 0.25) is 0 Å². The van der Waals surface area contributed by atoms with Gasteiger partial charge in [-0.05, 0) is 59.9 Å². The second-order valence-corrected chi connectivity index (χ2v) is 7.40. The highest BCUT2D eigenvalue weighted by Crippen LogP contribution is 2.30. The molecule has 0 saturated heterocycles. The maximum Gasteiger partial charge on any atom is 0.119 e. The molecular weight excluding hydrogens is 362 g/mol. The number of fused-ring (bicyclic) bond motifs is 1. The molecule has 3 aromatic rings. The van der Waals surface area contributed by atoms with E-state index in [1.165, 1.54) is 16.8 Å². The minimum absolute atomic E-state index is 0.271. The van der Waals surface area contributed by atoms with E-state index in [2.05, 4.69) is 29.2 Å². The van der Waals surface area contributed by atoms with E-state index in [9.17, 15) is 5.11 Å². The fraction of sp³-hybridized carbons (Fsp3) is 0.280. The van der Waals surface area contributed by atoms with Crippen LogP contribution in [0.4, 0.5) is 5.69 Å². The molecule has 1 heterocycles. The lowest BCUT2D eigenvalue weighted by molar-refractivity contribution is 0.112. The Balaban J connectivity index is 1.33. The molecule has 0 fully saturated rings. The number of methoxy groups -OCH3 is 1. The normalized spacial score (nSPS) is 14.2. The van der Waals surface area contributed by atoms with Crippen LogP contribution in [0.3, 0.4) is 0 Å². The van der Waals surface area contributed by atoms with Crippen molar-refractivity contribution in [1.29, 1.82) is 0 Å². The number of benzene rings is 3. The highest BCUT2D eigenvalue weighted by Gasteiger charge is 2.20. The Kier molecular flexibility index (Phi) is 6.01. The van der Waals surface area contributed by atoms with Gasteiger partial charge in [0.15, 0.2) is 0 Å². The molecule has 29 heavy (non-hydrogen) atoms. The van der Waals surface area contributed by atoms with Gasteiger partial charge in [-0.3, -0.25) is 0 Å². The van der Waals surface area contributed by atoms with Gasteiger partial charge in [-0.15, -0.1) is 0 Å². The molecule has 1 atom stereocenters. The molecule has 0 amide bonds. The Labute approximate surface area is 172 Å². The first-order chi connectivity index (χ1) is 14.2. The number of β-amino-alcohol motifs (C(OH)–C–C–N with tert-alkyl or cyclic N) is 1. The molecule has 150 valence electrons. The third kappa shape index (κ3) is 4.72. The molecule has 0 unspecified atom stereocenters. The van der Waals surface area contributed by atoms with E-state index >= 15 is 0 Å². The molecule has 1 aliphatic heterocycles. The molecule has 4 rings (SSSR count). The van der Waals surface area contributed by atoms with Crippen molar-refractivity contribution in [3.63, 3.8) is 0 Å². The number of ether oxygens (including phenoxy) is 2. The maximum absolute atomic E-state index is 10.5. The first kappa shape index (κ1) is 19.3. The molecule has 1 aliphatic rings. The van der Waals surface area contributed by atoms with Crippen LogP contribution < -0.4 is 14.4 Å². The molecule has 0 spiro atoms. The number of hydrogen-bond donors (Lipinski definition) is 1. The Morgan fingerprint density at radius 2 is 1.66 bits per heavy atom. The van der Waals surface area contributed by atoms with E-state index in [1.54, 1.807) is 7.11 Å². The van der Waals surface area contributed by atoms with E-state index in [-0.39, 0.29) is 6.61 Å². The average Bonchev–Trinajstić information content (AvgIpc) is 2.78. The van der Waals surface area contributed by atoms with Gasteiger partial charge >= 0.3 is 0 Å². The Morgan fingerprint density at radius 3 is 2.41 bits per heavy atom. The van der Waals surface area contributed by atoms with Gasteiger partial charge in [0, 0.05) is 18.8 Å². The lowest BCUT2D eigenvalue weighted by Gasteiger charge is -2.33. The molecule has 0 saturated carbocycles. The summed E-state index contributed by atoms with van der Waals surface area (Å²) >= 11 is 0. The van der Waals surface area contributed by atoms with Crippen molar-refractivity contribution >= 4 is 5.69 Å². The summed E-state index contributed by atoms with van der Waals surface area (Å²) in [5.41, 5.74) is 4.79. The molecular formula is C25H27NO3. The van der Waals surface area contributed by atoms with Crippen LogP contribution in [0.15, 0.2) is 72.8 Å². The van der Waals surface area contributed by atoms with Crippen LogP contribution in [0.1, 0.15) is 12.0 Å². The van der Waals surface area contributed by atoms with Crippen molar-refractivity contribution in [2.45, 2.75) is 18.9 Å². The number of rotatable bonds is 7. The third-order valence-corrected chi connectivity index (χ3v) is 5.34. The summed E-state index contributed by atoms with van der Waals surface area (Å²) in [6, 6.07) is 24.4. The van der Waals surface area contributed by atoms with Crippen LogP contribution in [0.25, 0.3) is 11.1 Å². The highest BCUT2D eigenvalue weighted by molar-refractivity contribution is 5.64. The SMILES string of the molecule is COc1ccc2c(c1)CCCN2C[C@@H](O)COc1ccc(-c2ccccc2)cc1. The summed E-state index contributed by atoms with van der Waals surface area (Å²) in [7, 11) is 1.69. The summed E-state index contributed by atoms with van der Waals surface area (Å²) in [6.45, 7) is 1.77. The molecule has 0 aromatic heterocycles. The minimum atomic E-state index is -0.558. The van der Waals surface area contributed by atoms with Crippen LogP contribution >= 0.6 is 0 Å². The molecule has 1 N–H and O–H groups in total. The van der Waals surface area contributed by atoms with Crippen molar-refractivity contribution in [1.82, 2.24) is 0 Å². The lowest BCUT2D eigenvalue weighted by atomic mass is 10.0. The average molecular weight is 389 g/mol. The third-order valence-electron chi connectivity index (χ3n) is 5.34. The number of hydrogen-bond acceptors (Lipinski definition) is 4. The Morgan fingerprint density at radius 1 is 0.931 bits per heavy atom. The van der Waals surface area contributed by atoms with E-state index < -0.39 is 6.10 Å². The number of anilines is 1. The van der Waals surface area contributed by atoms with Crippen LogP contribution in [-0.2, 0) is 6.42 Å². The highest BCUT2D eigenvalue weighted by atomic mass is 16.5. The predicted molar refractivity (Wildman–Crippen MR) is 117 cm³/mol. The molecule has 3 aromatic carbocycles. The lowest BCUT2D eigenvalue weighted by Crippen LogP contribution is -2.38. The van der Waals surface area contributed by atoms with Gasteiger partial charge in [-0.25, -0.2) is 0 Å². The topological polar surface area (TPSA) is 41.9 Å². The summed E-state index contributed by atoms with van der Waals surface area (Å²) < 4.78 is 11.2. The molecule has 0 bridgehead atoms. The van der Waals surface area contributed by atoms with Crippen LogP contribution in [-0.4, -0.2) is 38.0 Å². The first-order valence-corrected chi connectivity index (χ1v) is 10.1. The van der Waals surface area contributed by atoms with E-state index in [0.717, 1.165) is 36.4 Å². The largest absolute Gasteiger partial charge is 0.497 e. The van der Waals surface area contributed by atoms with Crippen molar-refractivity contribution in [3.8, 4) is 22.6 Å². The van der Waals surface area contributed by atoms with E-state index in [4.69, 9.17) is 9.47 Å². The standard InChI is InChI=1S/C25H27NO3/c1-28-24-13-14-25-21(16-24)8-5-15-26(25)17-22(27)18-29-23-11-9-20(10-12-23)19-6-3-2-4-7-19/h2-4,6-7,9-14,16,22,27H,5,8,15,17-18H2,1H3/t22-/m1/s1. The zero-order chi connectivity index (χ0) is 20.1. The number of nitrogens with zero attached hydrogens (tertiary/aromatic N) is 1. The second kappa shape index (κ2) is 9.01. The quantitative estimate of drug-likeness (QED) is 0.643. The monoisotopic (exact) mass is 389 g/mol. The summed E-state index contributed by atoms with van der Waals surface area (Å²) in [5, 5.41) is 10.5. The first-order valence-electron chi connectivity index (χ1n) is 10.1. The fourth-order valence-corrected chi connectivity index (χ4v) is 3.84. The zero-order valence-corrected chi connectivity index (χ0v) is 16.8. The fourth-order valence-electron chi connectivity index (χ4n) is 3.84. The Bertz CT molecular complexity index is 925. The van der Waals surface area contributed by atoms with Crippen molar-refractivity contribution < 1.29 is 14.6 Å². The van der Waals surface area contributed by atoms with Crippen molar-refractivity contribution in [3.05, 3.63) is 78.4 Å². The number of aryl methyl sites for hydroxylation is 1. The van der Waals surface area contributed by atoms with Crippen molar-refractivity contribution in [2.24, 2.45) is 0 Å². The van der Waals surface area contributed by atoms with Gasteiger partial charge in [0.25, 0.3) is 0 Å². The van der Waals surface area contributed by atoms with E-state index in [1.807, 2.05) is 48.5 Å². The minimum Gasteiger partial charge on any atom is -0.497 e. The predicted octanol–water partition coefficient (Wildman–Crippen LogP) is 4.55. The molecule has 0 radical (unpaired) electrons. The van der Waals surface area contributed by atoms with Gasteiger partial charge in [-0.1, -0.05) is 42.5 Å². The van der Waals surface area contributed by atoms with E-state index in [0.29, 0.717) is 6.54 Å². The van der Waals surface area contributed by atoms with Crippen molar-refractivity contribution in [2.75, 3.05) is 31.7 Å². The van der Waals surface area contributed by atoms with Crippen LogP contribution in [0.5, 0.6) is 11.5 Å². The van der Waals surface area contributed by atoms with Gasteiger partial charge in [0.1, 0.15) is 24.2 Å². The molecule has 0 aliphatic carbocycles. The summed E-state index contributed by atoms with van der Waals surface area (Å²) in [4.78, 5) is 2.24. The Hall–Kier alpha value is -2.98. The number of aliphatic hydroxyl groups excluding tert-OH is 1. The number of aliphatic hydroxyl groups is 1. The summed E-state index contributed by atoms with van der Waals surface area (Å²) in [6.07, 6.45) is 1.56. The van der Waals surface area contributed by atoms with Crippen LogP contribution in [0, 0.1) is 0 Å². The second-order valence-electron chi connectivity index (χ2n) is 7.40. The zero-order valence-electron chi connectivity index (χ0n) is 16.8. The molecule has 4 heteroatoms. The summed E-state index contributed by atoms with van der Waals surface area (Å²) in [5.74, 6) is 1.65.